The molecule has 0 saturated heterocycles. The molecule has 24 heavy (non-hydrogen) atoms. The van der Waals surface area contributed by atoms with Crippen molar-refractivity contribution in [3.63, 3.8) is 0 Å². The van der Waals surface area contributed by atoms with Gasteiger partial charge in [0.15, 0.2) is 0 Å². The van der Waals surface area contributed by atoms with Crippen LogP contribution in [0.2, 0.25) is 5.02 Å². The fourth-order valence-corrected chi connectivity index (χ4v) is 2.55. The Hall–Kier alpha value is -2.70. The lowest BCUT2D eigenvalue weighted by Crippen LogP contribution is -2.33. The normalized spacial score (nSPS) is 10.6. The smallest absolute Gasteiger partial charge is 0.276 e. The van der Waals surface area contributed by atoms with Crippen molar-refractivity contribution in [1.82, 2.24) is 14.5 Å². The van der Waals surface area contributed by atoms with Crippen LogP contribution in [0.15, 0.2) is 59.4 Å². The Morgan fingerprint density at radius 1 is 1.12 bits per heavy atom. The predicted molar refractivity (Wildman–Crippen MR) is 95.2 cm³/mol. The second-order valence-corrected chi connectivity index (χ2v) is 5.53. The van der Waals surface area contributed by atoms with Gasteiger partial charge in [0.05, 0.1) is 5.69 Å². The molecule has 7 heteroatoms. The number of hydrogen-bond donors (Lipinski definition) is 1. The average molecular weight is 342 g/mol. The van der Waals surface area contributed by atoms with E-state index in [1.807, 2.05) is 43.3 Å². The molecule has 0 saturated carbocycles. The van der Waals surface area contributed by atoms with Gasteiger partial charge in [-0.2, -0.15) is 9.97 Å². The third-order valence-corrected chi connectivity index (χ3v) is 3.77. The zero-order valence-electron chi connectivity index (χ0n) is 13.1. The second-order valence-electron chi connectivity index (χ2n) is 5.09. The molecular formula is C17H16ClN5O. The highest BCUT2D eigenvalue weighted by atomic mass is 35.5. The molecule has 6 nitrogen and oxygen atoms in total. The van der Waals surface area contributed by atoms with Crippen molar-refractivity contribution in [3.05, 3.63) is 70.1 Å². The van der Waals surface area contributed by atoms with Gasteiger partial charge in [-0.05, 0) is 31.2 Å². The van der Waals surface area contributed by atoms with Crippen molar-refractivity contribution in [2.24, 2.45) is 5.84 Å². The summed E-state index contributed by atoms with van der Waals surface area (Å²) in [6, 6.07) is 16.4. The van der Waals surface area contributed by atoms with Gasteiger partial charge in [0.1, 0.15) is 5.82 Å². The SMILES string of the molecule is CCn1c(-c2cccc(Cl)c2)nc(N(N)c2ccccc2)nc1=O. The quantitative estimate of drug-likeness (QED) is 0.583. The van der Waals surface area contributed by atoms with Crippen LogP contribution in [0.3, 0.4) is 0 Å². The van der Waals surface area contributed by atoms with Gasteiger partial charge >= 0.3 is 5.69 Å². The molecule has 0 aliphatic carbocycles. The van der Waals surface area contributed by atoms with Crippen molar-refractivity contribution < 1.29 is 0 Å². The Bertz CT molecular complexity index is 910. The first-order valence-corrected chi connectivity index (χ1v) is 7.82. The topological polar surface area (TPSA) is 77.0 Å². The van der Waals surface area contributed by atoms with E-state index in [0.29, 0.717) is 23.1 Å². The van der Waals surface area contributed by atoms with Crippen molar-refractivity contribution in [2.75, 3.05) is 5.01 Å². The molecule has 0 aliphatic heterocycles. The number of hydrazine groups is 1. The molecule has 0 fully saturated rings. The lowest BCUT2D eigenvalue weighted by molar-refractivity contribution is 0.682. The minimum absolute atomic E-state index is 0.130. The fraction of sp³-hybridized carbons (Fsp3) is 0.118. The summed E-state index contributed by atoms with van der Waals surface area (Å²) in [5.41, 5.74) is 0.999. The first kappa shape index (κ1) is 16.2. The Morgan fingerprint density at radius 2 is 1.88 bits per heavy atom. The molecule has 0 aliphatic rings. The minimum atomic E-state index is -0.413. The third kappa shape index (κ3) is 3.15. The molecule has 122 valence electrons. The maximum absolute atomic E-state index is 12.4. The number of hydrogen-bond acceptors (Lipinski definition) is 5. The monoisotopic (exact) mass is 341 g/mol. The van der Waals surface area contributed by atoms with E-state index in [9.17, 15) is 4.79 Å². The van der Waals surface area contributed by atoms with Crippen LogP contribution in [0.25, 0.3) is 11.4 Å². The molecule has 3 rings (SSSR count). The van der Waals surface area contributed by atoms with E-state index in [1.165, 1.54) is 9.58 Å². The van der Waals surface area contributed by atoms with Crippen molar-refractivity contribution in [3.8, 4) is 11.4 Å². The van der Waals surface area contributed by atoms with E-state index in [4.69, 9.17) is 17.4 Å². The summed E-state index contributed by atoms with van der Waals surface area (Å²) in [5, 5.41) is 1.85. The molecule has 1 aromatic heterocycles. The predicted octanol–water partition coefficient (Wildman–Crippen LogP) is 2.99. The Morgan fingerprint density at radius 3 is 2.54 bits per heavy atom. The summed E-state index contributed by atoms with van der Waals surface area (Å²) >= 11 is 6.06. The van der Waals surface area contributed by atoms with Gasteiger partial charge in [0.25, 0.3) is 5.95 Å². The molecule has 0 radical (unpaired) electrons. The number of anilines is 2. The van der Waals surface area contributed by atoms with E-state index in [2.05, 4.69) is 9.97 Å². The third-order valence-electron chi connectivity index (χ3n) is 3.54. The molecule has 2 N–H and O–H groups in total. The van der Waals surface area contributed by atoms with Crippen LogP contribution in [-0.2, 0) is 6.54 Å². The zero-order chi connectivity index (χ0) is 17.1. The standard InChI is InChI=1S/C17H16ClN5O/c1-2-22-15(12-7-6-8-13(18)11-12)20-16(21-17(22)24)23(19)14-9-4-3-5-10-14/h3-11H,2,19H2,1H3. The second kappa shape index (κ2) is 6.82. The number of nitrogens with two attached hydrogens (primary N) is 1. The van der Waals surface area contributed by atoms with Gasteiger partial charge in [0.2, 0.25) is 0 Å². The summed E-state index contributed by atoms with van der Waals surface area (Å²) in [6.45, 7) is 2.30. The van der Waals surface area contributed by atoms with Gasteiger partial charge in [-0.3, -0.25) is 4.57 Å². The van der Waals surface area contributed by atoms with Crippen LogP contribution in [-0.4, -0.2) is 14.5 Å². The highest BCUT2D eigenvalue weighted by Crippen LogP contribution is 2.23. The van der Waals surface area contributed by atoms with Gasteiger partial charge < -0.3 is 0 Å². The average Bonchev–Trinajstić information content (AvgIpc) is 2.61. The highest BCUT2D eigenvalue weighted by Gasteiger charge is 2.15. The Kier molecular flexibility index (Phi) is 4.59. The van der Waals surface area contributed by atoms with E-state index >= 15 is 0 Å². The Balaban J connectivity index is 2.15. The number of rotatable bonds is 4. The van der Waals surface area contributed by atoms with Crippen molar-refractivity contribution in [1.29, 1.82) is 0 Å². The molecule has 0 amide bonds. The summed E-state index contributed by atoms with van der Waals surface area (Å²) in [6.07, 6.45) is 0. The number of nitrogens with zero attached hydrogens (tertiary/aromatic N) is 4. The molecule has 0 unspecified atom stereocenters. The Labute approximate surface area is 144 Å². The molecule has 1 heterocycles. The lowest BCUT2D eigenvalue weighted by Gasteiger charge is -2.18. The van der Waals surface area contributed by atoms with E-state index in [-0.39, 0.29) is 5.95 Å². The van der Waals surface area contributed by atoms with Crippen LogP contribution in [0, 0.1) is 0 Å². The molecule has 3 aromatic rings. The maximum Gasteiger partial charge on any atom is 0.352 e. The summed E-state index contributed by atoms with van der Waals surface area (Å²) in [5.74, 6) is 6.69. The van der Waals surface area contributed by atoms with Crippen molar-refractivity contribution in [2.45, 2.75) is 13.5 Å². The summed E-state index contributed by atoms with van der Waals surface area (Å²) in [7, 11) is 0. The first-order valence-electron chi connectivity index (χ1n) is 7.45. The van der Waals surface area contributed by atoms with E-state index in [0.717, 1.165) is 5.56 Å². The van der Waals surface area contributed by atoms with Gasteiger partial charge in [0, 0.05) is 17.1 Å². The highest BCUT2D eigenvalue weighted by molar-refractivity contribution is 6.30. The number of benzene rings is 2. The molecule has 0 atom stereocenters. The van der Waals surface area contributed by atoms with E-state index in [1.54, 1.807) is 18.2 Å². The largest absolute Gasteiger partial charge is 0.352 e. The number of halogens is 1. The van der Waals surface area contributed by atoms with Crippen LogP contribution < -0.4 is 16.5 Å². The molecule has 0 spiro atoms. The van der Waals surface area contributed by atoms with Crippen LogP contribution in [0.4, 0.5) is 11.6 Å². The molecule has 2 aromatic carbocycles. The van der Waals surface area contributed by atoms with Crippen LogP contribution >= 0.6 is 11.6 Å². The van der Waals surface area contributed by atoms with Gasteiger partial charge in [-0.15, -0.1) is 0 Å². The van der Waals surface area contributed by atoms with Crippen LogP contribution in [0.1, 0.15) is 6.92 Å². The number of aromatic nitrogens is 3. The van der Waals surface area contributed by atoms with E-state index < -0.39 is 5.69 Å². The van der Waals surface area contributed by atoms with Gasteiger partial charge in [-0.1, -0.05) is 41.9 Å². The first-order chi connectivity index (χ1) is 11.6. The summed E-state index contributed by atoms with van der Waals surface area (Å²) < 4.78 is 1.48. The van der Waals surface area contributed by atoms with Crippen LogP contribution in [0.5, 0.6) is 0 Å². The fourth-order valence-electron chi connectivity index (χ4n) is 2.36. The summed E-state index contributed by atoms with van der Waals surface area (Å²) in [4.78, 5) is 20.9. The zero-order valence-corrected chi connectivity index (χ0v) is 13.8. The molecule has 0 bridgehead atoms. The minimum Gasteiger partial charge on any atom is -0.276 e. The maximum atomic E-state index is 12.4. The number of para-hydroxylation sites is 1. The van der Waals surface area contributed by atoms with Crippen molar-refractivity contribution >= 4 is 23.2 Å². The van der Waals surface area contributed by atoms with Gasteiger partial charge in [-0.25, -0.2) is 15.6 Å². The lowest BCUT2D eigenvalue weighted by atomic mass is 10.2. The molecular weight excluding hydrogens is 326 g/mol.